The van der Waals surface area contributed by atoms with Crippen molar-refractivity contribution < 1.29 is 9.72 Å². The lowest BCUT2D eigenvalue weighted by Gasteiger charge is -2.37. The Morgan fingerprint density at radius 3 is 2.58 bits per heavy atom. The Morgan fingerprint density at radius 1 is 1.32 bits per heavy atom. The smallest absolute Gasteiger partial charge is 0.269 e. The van der Waals surface area contributed by atoms with Gasteiger partial charge in [0, 0.05) is 22.7 Å². The number of carbonyl (C=O) groups excluding carboxylic acids is 1. The number of halogens is 1. The number of nitrogens with zero attached hydrogens (tertiary/aromatic N) is 1. The highest BCUT2D eigenvalue weighted by Gasteiger charge is 2.36. The first-order chi connectivity index (χ1) is 9.09. The van der Waals surface area contributed by atoms with Gasteiger partial charge in [0.15, 0.2) is 0 Å². The second-order valence-corrected chi connectivity index (χ2v) is 5.23. The molecule has 1 amide bonds. The largest absolute Gasteiger partial charge is 0.349 e. The summed E-state index contributed by atoms with van der Waals surface area (Å²) in [6.45, 7) is 0. The summed E-state index contributed by atoms with van der Waals surface area (Å²) >= 11 is 6.18. The molecule has 2 rings (SSSR count). The van der Waals surface area contributed by atoms with E-state index in [1.807, 2.05) is 0 Å². The van der Waals surface area contributed by atoms with E-state index in [1.165, 1.54) is 18.2 Å². The molecule has 1 N–H and O–H groups in total. The first kappa shape index (κ1) is 13.8. The first-order valence-electron chi connectivity index (χ1n) is 6.25. The van der Waals surface area contributed by atoms with E-state index in [9.17, 15) is 14.9 Å². The third-order valence-electron chi connectivity index (χ3n) is 3.72. The van der Waals surface area contributed by atoms with E-state index >= 15 is 0 Å². The van der Waals surface area contributed by atoms with E-state index in [2.05, 4.69) is 5.32 Å². The molecule has 102 valence electrons. The maximum absolute atomic E-state index is 10.9. The number of carbonyl (C=O) groups is 1. The standard InChI is InChI=1S/C13H15ClN2O3/c14-12-5-4-10(16(18)19)8-11(12)13(15-9-17)6-2-1-3-7-13/h4-5,8-9H,1-3,6-7H2,(H,15,17). The molecule has 0 aliphatic heterocycles. The summed E-state index contributed by atoms with van der Waals surface area (Å²) in [4.78, 5) is 21.3. The molecular formula is C13H15ClN2O3. The molecule has 1 aromatic carbocycles. The lowest BCUT2D eigenvalue weighted by Crippen LogP contribution is -2.43. The van der Waals surface area contributed by atoms with Gasteiger partial charge >= 0.3 is 0 Å². The highest BCUT2D eigenvalue weighted by Crippen LogP contribution is 2.41. The monoisotopic (exact) mass is 282 g/mol. The molecule has 0 aromatic heterocycles. The minimum absolute atomic E-state index is 0.00273. The van der Waals surface area contributed by atoms with Gasteiger partial charge in [0.25, 0.3) is 5.69 Å². The molecule has 0 saturated heterocycles. The number of amides is 1. The Morgan fingerprint density at radius 2 is 2.00 bits per heavy atom. The van der Waals surface area contributed by atoms with E-state index in [1.54, 1.807) is 0 Å². The van der Waals surface area contributed by atoms with Crippen LogP contribution in [0.4, 0.5) is 5.69 Å². The molecule has 1 saturated carbocycles. The van der Waals surface area contributed by atoms with Crippen molar-refractivity contribution in [3.05, 3.63) is 38.9 Å². The fourth-order valence-electron chi connectivity index (χ4n) is 2.75. The van der Waals surface area contributed by atoms with Gasteiger partial charge in [-0.15, -0.1) is 0 Å². The molecule has 0 spiro atoms. The number of nitro groups is 1. The van der Waals surface area contributed by atoms with Crippen molar-refractivity contribution in [2.45, 2.75) is 37.6 Å². The summed E-state index contributed by atoms with van der Waals surface area (Å²) < 4.78 is 0. The van der Waals surface area contributed by atoms with Crippen LogP contribution in [0.3, 0.4) is 0 Å². The summed E-state index contributed by atoms with van der Waals surface area (Å²) in [6, 6.07) is 4.38. The number of hydrogen-bond acceptors (Lipinski definition) is 3. The molecular weight excluding hydrogens is 268 g/mol. The zero-order valence-electron chi connectivity index (χ0n) is 10.4. The number of nitrogens with one attached hydrogen (secondary N) is 1. The van der Waals surface area contributed by atoms with Gasteiger partial charge in [0.1, 0.15) is 0 Å². The summed E-state index contributed by atoms with van der Waals surface area (Å²) in [5, 5.41) is 14.2. The van der Waals surface area contributed by atoms with Gasteiger partial charge in [-0.25, -0.2) is 0 Å². The van der Waals surface area contributed by atoms with Crippen molar-refractivity contribution >= 4 is 23.7 Å². The third-order valence-corrected chi connectivity index (χ3v) is 4.05. The van der Waals surface area contributed by atoms with Crippen LogP contribution in [-0.4, -0.2) is 11.3 Å². The number of non-ortho nitro benzene ring substituents is 1. The zero-order chi connectivity index (χ0) is 13.9. The lowest BCUT2D eigenvalue weighted by atomic mass is 9.76. The van der Waals surface area contributed by atoms with Crippen LogP contribution in [0.15, 0.2) is 18.2 Å². The molecule has 1 aromatic rings. The fraction of sp³-hybridized carbons (Fsp3) is 0.462. The minimum atomic E-state index is -0.566. The third kappa shape index (κ3) is 2.71. The van der Waals surface area contributed by atoms with Crippen LogP contribution < -0.4 is 5.32 Å². The van der Waals surface area contributed by atoms with Crippen LogP contribution in [-0.2, 0) is 10.3 Å². The lowest BCUT2D eigenvalue weighted by molar-refractivity contribution is -0.385. The minimum Gasteiger partial charge on any atom is -0.349 e. The van der Waals surface area contributed by atoms with Gasteiger partial charge < -0.3 is 5.32 Å². The van der Waals surface area contributed by atoms with E-state index in [0.29, 0.717) is 17.0 Å². The second-order valence-electron chi connectivity index (χ2n) is 4.83. The summed E-state index contributed by atoms with van der Waals surface area (Å²) in [5.41, 5.74) is 0.0792. The van der Waals surface area contributed by atoms with Crippen molar-refractivity contribution in [2.24, 2.45) is 0 Å². The zero-order valence-corrected chi connectivity index (χ0v) is 11.2. The number of hydrogen-bond donors (Lipinski definition) is 1. The van der Waals surface area contributed by atoms with Gasteiger partial charge in [-0.2, -0.15) is 0 Å². The second kappa shape index (κ2) is 5.57. The van der Waals surface area contributed by atoms with Crippen LogP contribution in [0, 0.1) is 10.1 Å². The number of benzene rings is 1. The maximum atomic E-state index is 10.9. The van der Waals surface area contributed by atoms with Crippen LogP contribution >= 0.6 is 11.6 Å². The SMILES string of the molecule is O=CNC1(c2cc([N+](=O)[O-])ccc2Cl)CCCCC1. The Bertz CT molecular complexity index is 499. The Kier molecular flexibility index (Phi) is 4.04. The molecule has 1 aliphatic rings. The molecule has 0 heterocycles. The van der Waals surface area contributed by atoms with Crippen LogP contribution in [0.25, 0.3) is 0 Å². The van der Waals surface area contributed by atoms with Gasteiger partial charge in [0.2, 0.25) is 6.41 Å². The van der Waals surface area contributed by atoms with Crippen molar-refractivity contribution in [2.75, 3.05) is 0 Å². The molecule has 1 fully saturated rings. The topological polar surface area (TPSA) is 72.2 Å². The average Bonchev–Trinajstić information content (AvgIpc) is 2.40. The highest BCUT2D eigenvalue weighted by molar-refractivity contribution is 6.31. The quantitative estimate of drug-likeness (QED) is 0.524. The van der Waals surface area contributed by atoms with E-state index in [4.69, 9.17) is 11.6 Å². The summed E-state index contributed by atoms with van der Waals surface area (Å²) in [6.07, 6.45) is 5.22. The van der Waals surface area contributed by atoms with Crippen molar-refractivity contribution in [1.29, 1.82) is 0 Å². The van der Waals surface area contributed by atoms with Crippen molar-refractivity contribution in [3.63, 3.8) is 0 Å². The van der Waals surface area contributed by atoms with Crippen molar-refractivity contribution in [1.82, 2.24) is 5.32 Å². The van der Waals surface area contributed by atoms with Gasteiger partial charge in [-0.3, -0.25) is 14.9 Å². The average molecular weight is 283 g/mol. The molecule has 5 nitrogen and oxygen atoms in total. The normalized spacial score (nSPS) is 17.7. The number of nitro benzene ring substituents is 1. The Hall–Kier alpha value is -1.62. The molecule has 19 heavy (non-hydrogen) atoms. The fourth-order valence-corrected chi connectivity index (χ4v) is 3.05. The van der Waals surface area contributed by atoms with Crippen LogP contribution in [0.2, 0.25) is 5.02 Å². The molecule has 0 atom stereocenters. The Labute approximate surface area is 116 Å². The summed E-state index contributed by atoms with van der Waals surface area (Å²) in [7, 11) is 0. The predicted molar refractivity (Wildman–Crippen MR) is 72.1 cm³/mol. The number of rotatable bonds is 4. The first-order valence-corrected chi connectivity index (χ1v) is 6.63. The van der Waals surface area contributed by atoms with Gasteiger partial charge in [0.05, 0.1) is 10.5 Å². The van der Waals surface area contributed by atoms with Crippen LogP contribution in [0.5, 0.6) is 0 Å². The summed E-state index contributed by atoms with van der Waals surface area (Å²) in [5.74, 6) is 0. The van der Waals surface area contributed by atoms with Gasteiger partial charge in [-0.1, -0.05) is 30.9 Å². The molecule has 1 aliphatic carbocycles. The van der Waals surface area contributed by atoms with E-state index < -0.39 is 10.5 Å². The maximum Gasteiger partial charge on any atom is 0.269 e. The van der Waals surface area contributed by atoms with E-state index in [0.717, 1.165) is 32.1 Å². The Balaban J connectivity index is 2.48. The molecule has 6 heteroatoms. The molecule has 0 unspecified atom stereocenters. The molecule has 0 bridgehead atoms. The van der Waals surface area contributed by atoms with Crippen molar-refractivity contribution in [3.8, 4) is 0 Å². The predicted octanol–water partition coefficient (Wildman–Crippen LogP) is 3.15. The molecule has 0 radical (unpaired) electrons. The van der Waals surface area contributed by atoms with Crippen LogP contribution in [0.1, 0.15) is 37.7 Å². The van der Waals surface area contributed by atoms with Gasteiger partial charge in [-0.05, 0) is 18.9 Å². The highest BCUT2D eigenvalue weighted by atomic mass is 35.5. The van der Waals surface area contributed by atoms with E-state index in [-0.39, 0.29) is 5.69 Å².